The topological polar surface area (TPSA) is 93.4 Å². The molecule has 0 bridgehead atoms. The van der Waals surface area contributed by atoms with Gasteiger partial charge in [-0.15, -0.1) is 0 Å². The summed E-state index contributed by atoms with van der Waals surface area (Å²) < 4.78 is 50.1. The Morgan fingerprint density at radius 2 is 2.17 bits per heavy atom. The Kier molecular flexibility index (Phi) is 3.95. The number of ether oxygens (including phenoxy) is 1. The Labute approximate surface area is 132 Å². The van der Waals surface area contributed by atoms with Crippen molar-refractivity contribution in [3.05, 3.63) is 39.9 Å². The summed E-state index contributed by atoms with van der Waals surface area (Å²) >= 11 is 0. The number of H-pyrrole nitrogens is 1. The molecule has 1 fully saturated rings. The van der Waals surface area contributed by atoms with Crippen molar-refractivity contribution in [2.45, 2.75) is 12.3 Å². The fourth-order valence-corrected chi connectivity index (χ4v) is 2.53. The number of aromatic amines is 1. The van der Waals surface area contributed by atoms with Gasteiger partial charge in [-0.2, -0.15) is 13.2 Å². The average molecular weight is 346 g/mol. The number of morpholine rings is 1. The molecule has 2 aromatic heterocycles. The number of hydrogen-bond donors (Lipinski definition) is 1. The standard InChI is InChI=1S/C13H13F3N4O4/c1-19-4-7(8(5-19)13(14,15)16)11(21)20-2-3-23-9(6-20)10-17-12(22)24-18-10/h4-5,9H,2-3,6H2,1H3,(H,17,18,22). The molecule has 0 aromatic carbocycles. The summed E-state index contributed by atoms with van der Waals surface area (Å²) in [4.78, 5) is 27.0. The predicted molar refractivity (Wildman–Crippen MR) is 72.1 cm³/mol. The molecule has 130 valence electrons. The lowest BCUT2D eigenvalue weighted by molar-refractivity contribution is -0.138. The maximum atomic E-state index is 13.1. The van der Waals surface area contributed by atoms with E-state index in [0.29, 0.717) is 0 Å². The second kappa shape index (κ2) is 5.82. The van der Waals surface area contributed by atoms with Gasteiger partial charge in [-0.05, 0) is 0 Å². The van der Waals surface area contributed by atoms with E-state index < -0.39 is 35.1 Å². The molecule has 1 aliphatic heterocycles. The first kappa shape index (κ1) is 16.3. The van der Waals surface area contributed by atoms with E-state index >= 15 is 0 Å². The van der Waals surface area contributed by atoms with Crippen molar-refractivity contribution in [2.24, 2.45) is 7.05 Å². The molecule has 3 rings (SSSR count). The van der Waals surface area contributed by atoms with Crippen LogP contribution >= 0.6 is 0 Å². The van der Waals surface area contributed by atoms with Gasteiger partial charge in [0.25, 0.3) is 5.91 Å². The van der Waals surface area contributed by atoms with Gasteiger partial charge in [0, 0.05) is 26.0 Å². The first-order chi connectivity index (χ1) is 11.3. The lowest BCUT2D eigenvalue weighted by Gasteiger charge is -2.31. The molecule has 1 atom stereocenters. The zero-order chi connectivity index (χ0) is 17.5. The molecule has 0 spiro atoms. The number of rotatable bonds is 2. The van der Waals surface area contributed by atoms with E-state index in [9.17, 15) is 22.8 Å². The number of carbonyl (C=O) groups excluding carboxylic acids is 1. The first-order valence-electron chi connectivity index (χ1n) is 6.95. The molecule has 0 radical (unpaired) electrons. The first-order valence-corrected chi connectivity index (χ1v) is 6.95. The number of aryl methyl sites for hydroxylation is 1. The summed E-state index contributed by atoms with van der Waals surface area (Å²) in [5.74, 6) is -1.46. The third-order valence-corrected chi connectivity index (χ3v) is 3.61. The number of nitrogens with one attached hydrogen (secondary N) is 1. The molecular weight excluding hydrogens is 333 g/mol. The van der Waals surface area contributed by atoms with Crippen molar-refractivity contribution in [1.82, 2.24) is 19.6 Å². The minimum Gasteiger partial charge on any atom is -0.366 e. The van der Waals surface area contributed by atoms with Gasteiger partial charge in [-0.25, -0.2) is 4.79 Å². The Bertz CT molecular complexity index is 807. The highest BCUT2D eigenvalue weighted by atomic mass is 19.4. The Morgan fingerprint density at radius 3 is 2.79 bits per heavy atom. The van der Waals surface area contributed by atoms with Crippen molar-refractivity contribution < 1.29 is 27.2 Å². The molecule has 11 heteroatoms. The molecule has 0 saturated carbocycles. The molecule has 1 saturated heterocycles. The average Bonchev–Trinajstić information content (AvgIpc) is 3.12. The summed E-state index contributed by atoms with van der Waals surface area (Å²) in [5, 5.41) is 3.48. The molecular formula is C13H13F3N4O4. The third-order valence-electron chi connectivity index (χ3n) is 3.61. The second-order valence-corrected chi connectivity index (χ2v) is 5.34. The highest BCUT2D eigenvalue weighted by molar-refractivity contribution is 5.96. The van der Waals surface area contributed by atoms with E-state index in [4.69, 9.17) is 4.74 Å². The zero-order valence-electron chi connectivity index (χ0n) is 12.5. The number of hydrogen-bond acceptors (Lipinski definition) is 5. The third kappa shape index (κ3) is 3.07. The minimum atomic E-state index is -4.63. The van der Waals surface area contributed by atoms with Gasteiger partial charge in [-0.3, -0.25) is 14.3 Å². The maximum absolute atomic E-state index is 13.1. The van der Waals surface area contributed by atoms with E-state index in [0.717, 1.165) is 12.4 Å². The van der Waals surface area contributed by atoms with Gasteiger partial charge in [0.2, 0.25) is 0 Å². The fraction of sp³-hybridized carbons (Fsp3) is 0.462. The van der Waals surface area contributed by atoms with Crippen LogP contribution in [0.4, 0.5) is 13.2 Å². The largest absolute Gasteiger partial charge is 0.438 e. The summed E-state index contributed by atoms with van der Waals surface area (Å²) in [6, 6.07) is 0. The van der Waals surface area contributed by atoms with Gasteiger partial charge < -0.3 is 14.2 Å². The van der Waals surface area contributed by atoms with Gasteiger partial charge in [0.05, 0.1) is 24.3 Å². The van der Waals surface area contributed by atoms with Crippen LogP contribution in [0.2, 0.25) is 0 Å². The predicted octanol–water partition coefficient (Wildman–Crippen LogP) is 0.934. The van der Waals surface area contributed by atoms with Gasteiger partial charge >= 0.3 is 11.9 Å². The normalized spacial score (nSPS) is 18.8. The van der Waals surface area contributed by atoms with Crippen molar-refractivity contribution in [2.75, 3.05) is 19.7 Å². The Morgan fingerprint density at radius 1 is 1.42 bits per heavy atom. The number of alkyl halides is 3. The van der Waals surface area contributed by atoms with E-state index in [2.05, 4.69) is 14.7 Å². The van der Waals surface area contributed by atoms with E-state index in [1.54, 1.807) is 0 Å². The number of halogens is 3. The lowest BCUT2D eigenvalue weighted by atomic mass is 10.1. The Balaban J connectivity index is 1.84. The Hall–Kier alpha value is -2.56. The maximum Gasteiger partial charge on any atom is 0.438 e. The number of nitrogens with zero attached hydrogens (tertiary/aromatic N) is 3. The summed E-state index contributed by atoms with van der Waals surface area (Å²) in [5.41, 5.74) is -1.42. The summed E-state index contributed by atoms with van der Waals surface area (Å²) in [7, 11) is 1.41. The fourth-order valence-electron chi connectivity index (χ4n) is 2.53. The number of aromatic nitrogens is 3. The molecule has 3 heterocycles. The second-order valence-electron chi connectivity index (χ2n) is 5.34. The quantitative estimate of drug-likeness (QED) is 0.873. The highest BCUT2D eigenvalue weighted by Gasteiger charge is 2.38. The van der Waals surface area contributed by atoms with Gasteiger partial charge in [-0.1, -0.05) is 5.16 Å². The van der Waals surface area contributed by atoms with Crippen LogP contribution in [0.25, 0.3) is 0 Å². The van der Waals surface area contributed by atoms with Crippen LogP contribution in [0.3, 0.4) is 0 Å². The molecule has 8 nitrogen and oxygen atoms in total. The lowest BCUT2D eigenvalue weighted by Crippen LogP contribution is -2.43. The van der Waals surface area contributed by atoms with Crippen LogP contribution in [-0.4, -0.2) is 45.2 Å². The molecule has 0 aliphatic carbocycles. The van der Waals surface area contributed by atoms with Crippen LogP contribution < -0.4 is 5.76 Å². The van der Waals surface area contributed by atoms with Gasteiger partial charge in [0.15, 0.2) is 5.82 Å². The number of amides is 1. The van der Waals surface area contributed by atoms with Crippen LogP contribution in [0.5, 0.6) is 0 Å². The van der Waals surface area contributed by atoms with E-state index in [1.807, 2.05) is 0 Å². The molecule has 24 heavy (non-hydrogen) atoms. The van der Waals surface area contributed by atoms with Crippen LogP contribution in [0.15, 0.2) is 21.7 Å². The number of carbonyl (C=O) groups is 1. The molecule has 1 N–H and O–H groups in total. The van der Waals surface area contributed by atoms with Crippen LogP contribution in [-0.2, 0) is 18.0 Å². The smallest absolute Gasteiger partial charge is 0.366 e. The molecule has 1 amide bonds. The van der Waals surface area contributed by atoms with E-state index in [-0.39, 0.29) is 25.5 Å². The van der Waals surface area contributed by atoms with Gasteiger partial charge in [0.1, 0.15) is 6.10 Å². The van der Waals surface area contributed by atoms with Crippen LogP contribution in [0.1, 0.15) is 27.8 Å². The van der Waals surface area contributed by atoms with Crippen molar-refractivity contribution in [3.63, 3.8) is 0 Å². The molecule has 2 aromatic rings. The van der Waals surface area contributed by atoms with Crippen LogP contribution in [0, 0.1) is 0 Å². The van der Waals surface area contributed by atoms with Crippen molar-refractivity contribution in [3.8, 4) is 0 Å². The van der Waals surface area contributed by atoms with Crippen molar-refractivity contribution >= 4 is 5.91 Å². The highest BCUT2D eigenvalue weighted by Crippen LogP contribution is 2.33. The molecule has 1 unspecified atom stereocenters. The van der Waals surface area contributed by atoms with E-state index in [1.165, 1.54) is 16.5 Å². The summed E-state index contributed by atoms with van der Waals surface area (Å²) in [6.45, 7) is 0.177. The zero-order valence-corrected chi connectivity index (χ0v) is 12.5. The summed E-state index contributed by atoms with van der Waals surface area (Å²) in [6.07, 6.45) is -3.41. The monoisotopic (exact) mass is 346 g/mol. The minimum absolute atomic E-state index is 0.0481. The SMILES string of the molecule is Cn1cc(C(=O)N2CCOC(c3noc(=O)[nH]3)C2)c(C(F)(F)F)c1. The van der Waals surface area contributed by atoms with Crippen molar-refractivity contribution in [1.29, 1.82) is 0 Å². The molecule has 1 aliphatic rings.